The standard InChI is InChI=1S/C12H17NO4/c1-8-7-9(17-12(8)16)3-2-6-13-10(14)4-5-11(13)15/h7,9-10,14H,2-6H2,1H3/t9-,10?/m1/s1. The van der Waals surface area contributed by atoms with Gasteiger partial charge in [-0.1, -0.05) is 0 Å². The van der Waals surface area contributed by atoms with E-state index in [-0.39, 0.29) is 18.0 Å². The smallest absolute Gasteiger partial charge is 0.334 e. The van der Waals surface area contributed by atoms with Gasteiger partial charge in [-0.2, -0.15) is 0 Å². The Labute approximate surface area is 100 Å². The zero-order valence-corrected chi connectivity index (χ0v) is 9.89. The first-order valence-corrected chi connectivity index (χ1v) is 5.95. The van der Waals surface area contributed by atoms with E-state index in [0.29, 0.717) is 31.4 Å². The highest BCUT2D eigenvalue weighted by molar-refractivity contribution is 5.90. The molecule has 0 aromatic heterocycles. The number of cyclic esters (lactones) is 1. The average molecular weight is 239 g/mol. The van der Waals surface area contributed by atoms with Gasteiger partial charge in [0.1, 0.15) is 12.3 Å². The van der Waals surface area contributed by atoms with Gasteiger partial charge >= 0.3 is 5.97 Å². The molecule has 1 N–H and O–H groups in total. The van der Waals surface area contributed by atoms with Crippen molar-refractivity contribution in [3.63, 3.8) is 0 Å². The molecule has 0 aromatic rings. The summed E-state index contributed by atoms with van der Waals surface area (Å²) in [5.74, 6) is -0.250. The second-order valence-electron chi connectivity index (χ2n) is 4.54. The van der Waals surface area contributed by atoms with Crippen molar-refractivity contribution in [2.45, 2.75) is 44.9 Å². The lowest BCUT2D eigenvalue weighted by Crippen LogP contribution is -2.33. The highest BCUT2D eigenvalue weighted by atomic mass is 16.5. The minimum Gasteiger partial charge on any atom is -0.455 e. The normalized spacial score (nSPS) is 28.6. The van der Waals surface area contributed by atoms with Crippen LogP contribution < -0.4 is 0 Å². The monoisotopic (exact) mass is 239 g/mol. The van der Waals surface area contributed by atoms with Crippen molar-refractivity contribution < 1.29 is 19.4 Å². The molecular formula is C12H17NO4. The number of likely N-dealkylation sites (tertiary alicyclic amines) is 1. The maximum Gasteiger partial charge on any atom is 0.334 e. The quantitative estimate of drug-likeness (QED) is 0.729. The molecule has 0 spiro atoms. The summed E-state index contributed by atoms with van der Waals surface area (Å²) in [5.41, 5.74) is 0.646. The molecule has 1 unspecified atom stereocenters. The van der Waals surface area contributed by atoms with Crippen LogP contribution in [0.25, 0.3) is 0 Å². The molecule has 0 aromatic carbocycles. The highest BCUT2D eigenvalue weighted by Gasteiger charge is 2.29. The number of aliphatic hydroxyl groups is 1. The Kier molecular flexibility index (Phi) is 3.47. The number of esters is 1. The fourth-order valence-electron chi connectivity index (χ4n) is 2.21. The molecule has 5 heteroatoms. The number of hydrogen-bond acceptors (Lipinski definition) is 4. The average Bonchev–Trinajstić information content (AvgIpc) is 2.75. The van der Waals surface area contributed by atoms with Crippen LogP contribution in [0.15, 0.2) is 11.6 Å². The second-order valence-corrected chi connectivity index (χ2v) is 4.54. The molecule has 1 fully saturated rings. The number of hydrogen-bond donors (Lipinski definition) is 1. The number of ether oxygens (including phenoxy) is 1. The van der Waals surface area contributed by atoms with Crippen molar-refractivity contribution >= 4 is 11.9 Å². The van der Waals surface area contributed by atoms with Crippen molar-refractivity contribution in [2.24, 2.45) is 0 Å². The van der Waals surface area contributed by atoms with Crippen molar-refractivity contribution in [3.8, 4) is 0 Å². The molecular weight excluding hydrogens is 222 g/mol. The van der Waals surface area contributed by atoms with E-state index in [1.165, 1.54) is 4.90 Å². The Morgan fingerprint density at radius 3 is 2.82 bits per heavy atom. The van der Waals surface area contributed by atoms with Gasteiger partial charge in [-0.3, -0.25) is 4.79 Å². The van der Waals surface area contributed by atoms with Crippen LogP contribution in [-0.2, 0) is 14.3 Å². The summed E-state index contributed by atoms with van der Waals surface area (Å²) in [6, 6.07) is 0. The Bertz CT molecular complexity index is 364. The molecule has 0 aliphatic carbocycles. The molecule has 2 aliphatic heterocycles. The van der Waals surface area contributed by atoms with Gasteiger partial charge < -0.3 is 14.7 Å². The molecule has 2 aliphatic rings. The first-order valence-electron chi connectivity index (χ1n) is 5.95. The number of nitrogens with zero attached hydrogens (tertiary/aromatic N) is 1. The Hall–Kier alpha value is -1.36. The van der Waals surface area contributed by atoms with E-state index in [4.69, 9.17) is 4.74 Å². The van der Waals surface area contributed by atoms with Gasteiger partial charge in [-0.15, -0.1) is 0 Å². The van der Waals surface area contributed by atoms with Gasteiger partial charge in [0.15, 0.2) is 0 Å². The molecule has 0 bridgehead atoms. The number of rotatable bonds is 4. The summed E-state index contributed by atoms with van der Waals surface area (Å²) in [4.78, 5) is 24.0. The zero-order chi connectivity index (χ0) is 12.4. The molecule has 2 heterocycles. The third-order valence-corrected chi connectivity index (χ3v) is 3.20. The fraction of sp³-hybridized carbons (Fsp3) is 0.667. The third-order valence-electron chi connectivity index (χ3n) is 3.20. The van der Waals surface area contributed by atoms with Crippen LogP contribution in [0.3, 0.4) is 0 Å². The van der Waals surface area contributed by atoms with Crippen molar-refractivity contribution in [3.05, 3.63) is 11.6 Å². The summed E-state index contributed by atoms with van der Waals surface area (Å²) in [6.45, 7) is 2.26. The van der Waals surface area contributed by atoms with Crippen LogP contribution in [0, 0.1) is 0 Å². The Morgan fingerprint density at radius 2 is 2.29 bits per heavy atom. The molecule has 94 valence electrons. The second kappa shape index (κ2) is 4.87. The van der Waals surface area contributed by atoms with Crippen LogP contribution in [-0.4, -0.2) is 40.8 Å². The Balaban J connectivity index is 1.73. The fourth-order valence-corrected chi connectivity index (χ4v) is 2.21. The first-order chi connectivity index (χ1) is 8.08. The highest BCUT2D eigenvalue weighted by Crippen LogP contribution is 2.20. The molecule has 1 saturated heterocycles. The van der Waals surface area contributed by atoms with Crippen LogP contribution >= 0.6 is 0 Å². The summed E-state index contributed by atoms with van der Waals surface area (Å²) >= 11 is 0. The van der Waals surface area contributed by atoms with Gasteiger partial charge in [0.25, 0.3) is 0 Å². The minimum atomic E-state index is -0.633. The minimum absolute atomic E-state index is 0.00707. The molecule has 0 saturated carbocycles. The van der Waals surface area contributed by atoms with Crippen LogP contribution in [0.2, 0.25) is 0 Å². The predicted molar refractivity (Wildman–Crippen MR) is 59.8 cm³/mol. The predicted octanol–water partition coefficient (Wildman–Crippen LogP) is 0.579. The van der Waals surface area contributed by atoms with Crippen molar-refractivity contribution in [2.75, 3.05) is 6.54 Å². The van der Waals surface area contributed by atoms with E-state index in [9.17, 15) is 14.7 Å². The van der Waals surface area contributed by atoms with Crippen LogP contribution in [0.1, 0.15) is 32.6 Å². The lowest BCUT2D eigenvalue weighted by Gasteiger charge is -2.20. The van der Waals surface area contributed by atoms with Gasteiger partial charge in [0.05, 0.1) is 0 Å². The summed E-state index contributed by atoms with van der Waals surface area (Å²) in [7, 11) is 0. The number of aliphatic hydroxyl groups excluding tert-OH is 1. The van der Waals surface area contributed by atoms with E-state index in [0.717, 1.165) is 6.42 Å². The Morgan fingerprint density at radius 1 is 1.53 bits per heavy atom. The van der Waals surface area contributed by atoms with Gasteiger partial charge in [0.2, 0.25) is 5.91 Å². The molecule has 2 rings (SSSR count). The number of amides is 1. The van der Waals surface area contributed by atoms with E-state index in [2.05, 4.69) is 0 Å². The molecule has 17 heavy (non-hydrogen) atoms. The summed E-state index contributed by atoms with van der Waals surface area (Å²) in [6.07, 6.45) is 3.38. The molecule has 0 radical (unpaired) electrons. The van der Waals surface area contributed by atoms with E-state index < -0.39 is 6.23 Å². The molecule has 1 amide bonds. The summed E-state index contributed by atoms with van der Waals surface area (Å²) in [5, 5.41) is 9.54. The molecule has 2 atom stereocenters. The number of carbonyl (C=O) groups is 2. The third kappa shape index (κ3) is 2.66. The largest absolute Gasteiger partial charge is 0.455 e. The van der Waals surface area contributed by atoms with Crippen molar-refractivity contribution in [1.82, 2.24) is 4.90 Å². The van der Waals surface area contributed by atoms with E-state index in [1.54, 1.807) is 6.92 Å². The lowest BCUT2D eigenvalue weighted by atomic mass is 10.1. The van der Waals surface area contributed by atoms with Crippen molar-refractivity contribution in [1.29, 1.82) is 0 Å². The SMILES string of the molecule is CC1=C[C@@H](CCCN2C(=O)CCC2O)OC1=O. The summed E-state index contributed by atoms with van der Waals surface area (Å²) < 4.78 is 5.09. The van der Waals surface area contributed by atoms with Crippen LogP contribution in [0.5, 0.6) is 0 Å². The molecule has 5 nitrogen and oxygen atoms in total. The maximum absolute atomic E-state index is 11.4. The van der Waals surface area contributed by atoms with Gasteiger partial charge in [0, 0.05) is 25.0 Å². The first kappa shape index (κ1) is 12.1. The number of carbonyl (C=O) groups excluding carboxylic acids is 2. The maximum atomic E-state index is 11.4. The van der Waals surface area contributed by atoms with E-state index in [1.807, 2.05) is 6.08 Å². The van der Waals surface area contributed by atoms with Gasteiger partial charge in [-0.05, 0) is 25.8 Å². The van der Waals surface area contributed by atoms with E-state index >= 15 is 0 Å². The van der Waals surface area contributed by atoms with Gasteiger partial charge in [-0.25, -0.2) is 4.79 Å². The topological polar surface area (TPSA) is 66.8 Å². The lowest BCUT2D eigenvalue weighted by molar-refractivity contribution is -0.140. The van der Waals surface area contributed by atoms with Crippen LogP contribution in [0.4, 0.5) is 0 Å². The zero-order valence-electron chi connectivity index (χ0n) is 9.89.